The third-order valence-electron chi connectivity index (χ3n) is 5.72. The summed E-state index contributed by atoms with van der Waals surface area (Å²) >= 11 is 0. The highest BCUT2D eigenvalue weighted by atomic mass is 32.2. The molecule has 0 aromatic heterocycles. The van der Waals surface area contributed by atoms with Gasteiger partial charge in [-0.1, -0.05) is 17.2 Å². The SMILES string of the molecule is CC(C)(C)OC(=O)N1CC2(C1)C(C(=O)ON1C(=O)c3ccccc3C1=O)CCS2(=O)=O. The highest BCUT2D eigenvalue weighted by Crippen LogP contribution is 2.46. The molecule has 0 aliphatic carbocycles. The summed E-state index contributed by atoms with van der Waals surface area (Å²) in [5.41, 5.74) is -0.541. The number of hydrogen-bond acceptors (Lipinski definition) is 8. The second kappa shape index (κ2) is 6.78. The van der Waals surface area contributed by atoms with Gasteiger partial charge in [-0.2, -0.15) is 0 Å². The van der Waals surface area contributed by atoms with Crippen molar-refractivity contribution in [3.05, 3.63) is 35.4 Å². The molecule has 10 nitrogen and oxygen atoms in total. The number of sulfone groups is 1. The lowest BCUT2D eigenvalue weighted by Crippen LogP contribution is -2.69. The fourth-order valence-corrected chi connectivity index (χ4v) is 6.47. The van der Waals surface area contributed by atoms with Crippen LogP contribution in [0.25, 0.3) is 0 Å². The number of fused-ring (bicyclic) bond motifs is 1. The Morgan fingerprint density at radius 1 is 1.06 bits per heavy atom. The monoisotopic (exact) mass is 450 g/mol. The Kier molecular flexibility index (Phi) is 4.65. The van der Waals surface area contributed by atoms with Crippen LogP contribution in [0.5, 0.6) is 0 Å². The Labute approximate surface area is 178 Å². The van der Waals surface area contributed by atoms with E-state index >= 15 is 0 Å². The molecule has 1 spiro atoms. The largest absolute Gasteiger partial charge is 0.444 e. The van der Waals surface area contributed by atoms with E-state index in [-0.39, 0.29) is 36.4 Å². The van der Waals surface area contributed by atoms with Crippen molar-refractivity contribution in [1.82, 2.24) is 9.96 Å². The van der Waals surface area contributed by atoms with Gasteiger partial charge in [-0.3, -0.25) is 9.59 Å². The zero-order chi connectivity index (χ0) is 22.8. The topological polar surface area (TPSA) is 127 Å². The average Bonchev–Trinajstić information content (AvgIpc) is 3.05. The summed E-state index contributed by atoms with van der Waals surface area (Å²) in [5, 5.41) is 0.371. The molecule has 31 heavy (non-hydrogen) atoms. The lowest BCUT2D eigenvalue weighted by atomic mass is 9.83. The molecule has 0 radical (unpaired) electrons. The first-order chi connectivity index (χ1) is 14.4. The lowest BCUT2D eigenvalue weighted by Gasteiger charge is -2.48. The Hall–Kier alpha value is -2.95. The van der Waals surface area contributed by atoms with Gasteiger partial charge in [0.15, 0.2) is 9.84 Å². The smallest absolute Gasteiger partial charge is 0.410 e. The van der Waals surface area contributed by atoms with Crippen LogP contribution in [0.3, 0.4) is 0 Å². The third-order valence-corrected chi connectivity index (χ3v) is 8.28. The van der Waals surface area contributed by atoms with Gasteiger partial charge in [0.1, 0.15) is 10.3 Å². The van der Waals surface area contributed by atoms with Crippen LogP contribution in [0.4, 0.5) is 4.79 Å². The van der Waals surface area contributed by atoms with Crippen molar-refractivity contribution >= 4 is 33.7 Å². The molecule has 1 unspecified atom stereocenters. The standard InChI is InChI=1S/C20H22N2O8S/c1-19(2,3)29-18(26)21-10-20(11-21)14(8-9-31(20,27)28)17(25)30-22-15(23)12-6-4-5-7-13(12)16(22)24/h4-7,14H,8-11H2,1-3H3. The van der Waals surface area contributed by atoms with Gasteiger partial charge in [-0.15, -0.1) is 0 Å². The first-order valence-electron chi connectivity index (χ1n) is 9.76. The van der Waals surface area contributed by atoms with Gasteiger partial charge in [-0.25, -0.2) is 18.0 Å². The Balaban J connectivity index is 1.51. The second-order valence-corrected chi connectivity index (χ2v) is 11.4. The first-order valence-corrected chi connectivity index (χ1v) is 11.4. The quantitative estimate of drug-likeness (QED) is 0.614. The van der Waals surface area contributed by atoms with Crippen molar-refractivity contribution in [3.63, 3.8) is 0 Å². The van der Waals surface area contributed by atoms with Gasteiger partial charge in [0, 0.05) is 13.1 Å². The number of rotatable bonds is 2. The predicted molar refractivity (Wildman–Crippen MR) is 105 cm³/mol. The zero-order valence-electron chi connectivity index (χ0n) is 17.3. The molecular weight excluding hydrogens is 428 g/mol. The maximum Gasteiger partial charge on any atom is 0.410 e. The van der Waals surface area contributed by atoms with Crippen molar-refractivity contribution in [2.45, 2.75) is 37.5 Å². The van der Waals surface area contributed by atoms with Crippen LogP contribution in [0.15, 0.2) is 24.3 Å². The molecule has 0 N–H and O–H groups in total. The summed E-state index contributed by atoms with van der Waals surface area (Å²) < 4.78 is 29.2. The molecule has 0 saturated carbocycles. The van der Waals surface area contributed by atoms with E-state index in [1.54, 1.807) is 32.9 Å². The number of carbonyl (C=O) groups is 4. The number of amides is 3. The Bertz CT molecular complexity index is 1060. The summed E-state index contributed by atoms with van der Waals surface area (Å²) in [6, 6.07) is 6.03. The number of imide groups is 1. The van der Waals surface area contributed by atoms with Gasteiger partial charge < -0.3 is 14.5 Å². The van der Waals surface area contributed by atoms with Gasteiger partial charge >= 0.3 is 12.1 Å². The fraction of sp³-hybridized carbons (Fsp3) is 0.500. The Morgan fingerprint density at radius 2 is 1.61 bits per heavy atom. The lowest BCUT2D eigenvalue weighted by molar-refractivity contribution is -0.176. The van der Waals surface area contributed by atoms with Crippen LogP contribution >= 0.6 is 0 Å². The van der Waals surface area contributed by atoms with E-state index in [4.69, 9.17) is 9.57 Å². The molecule has 3 heterocycles. The molecule has 2 fully saturated rings. The van der Waals surface area contributed by atoms with Crippen LogP contribution in [0.2, 0.25) is 0 Å². The highest BCUT2D eigenvalue weighted by Gasteiger charge is 2.66. The molecule has 166 valence electrons. The van der Waals surface area contributed by atoms with Gasteiger partial charge in [0.05, 0.1) is 22.8 Å². The molecule has 3 aliphatic heterocycles. The number of hydrogen-bond donors (Lipinski definition) is 0. The van der Waals surface area contributed by atoms with E-state index in [0.717, 1.165) is 0 Å². The van der Waals surface area contributed by atoms with Crippen LogP contribution in [-0.2, 0) is 24.2 Å². The van der Waals surface area contributed by atoms with Crippen molar-refractivity contribution in [2.75, 3.05) is 18.8 Å². The van der Waals surface area contributed by atoms with Gasteiger partial charge in [0.2, 0.25) is 0 Å². The molecule has 2 saturated heterocycles. The summed E-state index contributed by atoms with van der Waals surface area (Å²) in [5.74, 6) is -3.92. The third kappa shape index (κ3) is 3.27. The van der Waals surface area contributed by atoms with E-state index in [9.17, 15) is 27.6 Å². The van der Waals surface area contributed by atoms with Crippen LogP contribution in [-0.4, -0.2) is 71.4 Å². The second-order valence-electron chi connectivity index (χ2n) is 8.92. The van der Waals surface area contributed by atoms with E-state index in [1.807, 2.05) is 0 Å². The molecule has 0 bridgehead atoms. The maximum atomic E-state index is 12.9. The number of carbonyl (C=O) groups excluding carboxylic acids is 4. The van der Waals surface area contributed by atoms with E-state index in [0.29, 0.717) is 5.06 Å². The Morgan fingerprint density at radius 3 is 2.13 bits per heavy atom. The van der Waals surface area contributed by atoms with E-state index in [1.165, 1.54) is 17.0 Å². The van der Waals surface area contributed by atoms with E-state index < -0.39 is 50.0 Å². The minimum absolute atomic E-state index is 0.0213. The molecule has 1 atom stereocenters. The predicted octanol–water partition coefficient (Wildman–Crippen LogP) is 1.17. The summed E-state index contributed by atoms with van der Waals surface area (Å²) in [7, 11) is -3.71. The summed E-state index contributed by atoms with van der Waals surface area (Å²) in [4.78, 5) is 56.3. The van der Waals surface area contributed by atoms with Crippen molar-refractivity contribution in [3.8, 4) is 0 Å². The maximum absolute atomic E-state index is 12.9. The van der Waals surface area contributed by atoms with Crippen LogP contribution in [0.1, 0.15) is 47.9 Å². The number of benzene rings is 1. The first kappa shape index (κ1) is 21.3. The number of nitrogens with zero attached hydrogens (tertiary/aromatic N) is 2. The van der Waals surface area contributed by atoms with Crippen LogP contribution < -0.4 is 0 Å². The van der Waals surface area contributed by atoms with Crippen molar-refractivity contribution < 1.29 is 37.2 Å². The van der Waals surface area contributed by atoms with E-state index in [2.05, 4.69) is 0 Å². The molecule has 3 amide bonds. The number of hydroxylamine groups is 2. The zero-order valence-corrected chi connectivity index (χ0v) is 18.1. The molecular formula is C20H22N2O8S. The molecule has 11 heteroatoms. The summed E-state index contributed by atoms with van der Waals surface area (Å²) in [6.45, 7) is 4.64. The minimum Gasteiger partial charge on any atom is -0.444 e. The molecule has 1 aromatic rings. The minimum atomic E-state index is -3.71. The van der Waals surface area contributed by atoms with Gasteiger partial charge in [0.25, 0.3) is 11.8 Å². The molecule has 1 aromatic carbocycles. The average molecular weight is 450 g/mol. The fourth-order valence-electron chi connectivity index (χ4n) is 4.16. The molecule has 3 aliphatic rings. The molecule has 4 rings (SSSR count). The van der Waals surface area contributed by atoms with Gasteiger partial charge in [-0.05, 0) is 39.3 Å². The normalized spacial score (nSPS) is 23.5. The van der Waals surface area contributed by atoms with Crippen molar-refractivity contribution in [1.29, 1.82) is 0 Å². The summed E-state index contributed by atoms with van der Waals surface area (Å²) in [6.07, 6.45) is -0.695. The highest BCUT2D eigenvalue weighted by molar-refractivity contribution is 7.93. The van der Waals surface area contributed by atoms with Crippen LogP contribution in [0, 0.1) is 5.92 Å². The number of ether oxygens (including phenoxy) is 1. The van der Waals surface area contributed by atoms with Crippen molar-refractivity contribution in [2.24, 2.45) is 5.92 Å². The number of likely N-dealkylation sites (tertiary alicyclic amines) is 1.